The Hall–Kier alpha value is -2.17. The van der Waals surface area contributed by atoms with E-state index in [1.165, 1.54) is 0 Å². The summed E-state index contributed by atoms with van der Waals surface area (Å²) in [5.74, 6) is 0.570. The van der Waals surface area contributed by atoms with E-state index < -0.39 is 0 Å². The van der Waals surface area contributed by atoms with Crippen molar-refractivity contribution in [2.24, 2.45) is 0 Å². The molecule has 0 radical (unpaired) electrons. The number of nitrogens with zero attached hydrogens (tertiary/aromatic N) is 2. The molecule has 0 aliphatic heterocycles. The fourth-order valence-electron chi connectivity index (χ4n) is 1.33. The van der Waals surface area contributed by atoms with E-state index in [2.05, 4.69) is 20.5 Å². The normalized spacial score (nSPS) is 10.0. The predicted molar refractivity (Wildman–Crippen MR) is 59.8 cm³/mol. The maximum absolute atomic E-state index is 11.5. The van der Waals surface area contributed by atoms with Gasteiger partial charge in [-0.3, -0.25) is 14.9 Å². The summed E-state index contributed by atoms with van der Waals surface area (Å²) in [5.41, 5.74) is 0.919. The molecule has 0 atom stereocenters. The number of hydrogen-bond acceptors (Lipinski definition) is 3. The number of nitrogens with one attached hydrogen (secondary N) is 2. The van der Waals surface area contributed by atoms with Crippen LogP contribution in [0.5, 0.6) is 0 Å². The highest BCUT2D eigenvalue weighted by atomic mass is 16.1. The van der Waals surface area contributed by atoms with Crippen molar-refractivity contribution in [2.75, 3.05) is 5.32 Å². The number of amides is 1. The van der Waals surface area contributed by atoms with Crippen molar-refractivity contribution in [3.05, 3.63) is 42.4 Å². The SMILES string of the molecule is O=C(CCc1ccccn1)Nc1ccn[nH]1. The maximum Gasteiger partial charge on any atom is 0.225 e. The quantitative estimate of drug-likeness (QED) is 0.811. The third-order valence-electron chi connectivity index (χ3n) is 2.11. The van der Waals surface area contributed by atoms with Crippen LogP contribution in [0.1, 0.15) is 12.1 Å². The van der Waals surface area contributed by atoms with Gasteiger partial charge in [0.2, 0.25) is 5.91 Å². The zero-order chi connectivity index (χ0) is 11.2. The van der Waals surface area contributed by atoms with Crippen LogP contribution in [0, 0.1) is 0 Å². The number of anilines is 1. The van der Waals surface area contributed by atoms with Crippen LogP contribution in [0.2, 0.25) is 0 Å². The van der Waals surface area contributed by atoms with Crippen molar-refractivity contribution in [1.82, 2.24) is 15.2 Å². The number of aromatic amines is 1. The third kappa shape index (κ3) is 2.91. The Labute approximate surface area is 92.9 Å². The lowest BCUT2D eigenvalue weighted by Gasteiger charge is -2.01. The van der Waals surface area contributed by atoms with E-state index in [0.717, 1.165) is 5.69 Å². The first-order chi connectivity index (χ1) is 7.84. The van der Waals surface area contributed by atoms with Crippen molar-refractivity contribution in [1.29, 1.82) is 0 Å². The summed E-state index contributed by atoms with van der Waals surface area (Å²) < 4.78 is 0. The van der Waals surface area contributed by atoms with Crippen molar-refractivity contribution in [3.8, 4) is 0 Å². The van der Waals surface area contributed by atoms with Crippen LogP contribution >= 0.6 is 0 Å². The maximum atomic E-state index is 11.5. The Kier molecular flexibility index (Phi) is 3.28. The number of carbonyl (C=O) groups excluding carboxylic acids is 1. The van der Waals surface area contributed by atoms with Gasteiger partial charge in [0.05, 0.1) is 6.20 Å². The lowest BCUT2D eigenvalue weighted by molar-refractivity contribution is -0.116. The largest absolute Gasteiger partial charge is 0.311 e. The molecular weight excluding hydrogens is 204 g/mol. The minimum atomic E-state index is -0.0464. The molecule has 5 heteroatoms. The van der Waals surface area contributed by atoms with E-state index in [0.29, 0.717) is 18.7 Å². The lowest BCUT2D eigenvalue weighted by atomic mass is 10.2. The summed E-state index contributed by atoms with van der Waals surface area (Å²) in [5, 5.41) is 9.12. The summed E-state index contributed by atoms with van der Waals surface area (Å²) in [6, 6.07) is 7.38. The molecule has 0 fully saturated rings. The Morgan fingerprint density at radius 3 is 2.94 bits per heavy atom. The van der Waals surface area contributed by atoms with Crippen molar-refractivity contribution in [2.45, 2.75) is 12.8 Å². The zero-order valence-corrected chi connectivity index (χ0v) is 8.68. The molecular formula is C11H12N4O. The molecule has 0 bridgehead atoms. The summed E-state index contributed by atoms with van der Waals surface area (Å²) in [7, 11) is 0. The number of carbonyl (C=O) groups is 1. The molecule has 0 aromatic carbocycles. The van der Waals surface area contributed by atoms with Gasteiger partial charge in [-0.2, -0.15) is 5.10 Å². The number of aryl methyl sites for hydroxylation is 1. The molecule has 2 aromatic rings. The summed E-state index contributed by atoms with van der Waals surface area (Å²) in [6.07, 6.45) is 4.37. The second-order valence-electron chi connectivity index (χ2n) is 3.34. The van der Waals surface area contributed by atoms with Gasteiger partial charge >= 0.3 is 0 Å². The van der Waals surface area contributed by atoms with Gasteiger partial charge in [0.1, 0.15) is 5.82 Å². The predicted octanol–water partition coefficient (Wildman–Crippen LogP) is 1.38. The molecule has 0 unspecified atom stereocenters. The third-order valence-corrected chi connectivity index (χ3v) is 2.11. The zero-order valence-electron chi connectivity index (χ0n) is 8.68. The number of hydrogen-bond donors (Lipinski definition) is 2. The van der Waals surface area contributed by atoms with Gasteiger partial charge in [0.15, 0.2) is 0 Å². The molecule has 1 amide bonds. The van der Waals surface area contributed by atoms with Crippen molar-refractivity contribution in [3.63, 3.8) is 0 Å². The molecule has 0 aliphatic carbocycles. The van der Waals surface area contributed by atoms with E-state index in [4.69, 9.17) is 0 Å². The van der Waals surface area contributed by atoms with E-state index in [-0.39, 0.29) is 5.91 Å². The summed E-state index contributed by atoms with van der Waals surface area (Å²) in [6.45, 7) is 0. The topological polar surface area (TPSA) is 70.7 Å². The van der Waals surface area contributed by atoms with Crippen LogP contribution in [-0.2, 0) is 11.2 Å². The van der Waals surface area contributed by atoms with Gasteiger partial charge in [-0.1, -0.05) is 6.07 Å². The average Bonchev–Trinajstić information content (AvgIpc) is 2.81. The highest BCUT2D eigenvalue weighted by molar-refractivity contribution is 5.89. The van der Waals surface area contributed by atoms with Crippen LogP contribution in [0.25, 0.3) is 0 Å². The van der Waals surface area contributed by atoms with Crippen LogP contribution in [0.3, 0.4) is 0 Å². The Morgan fingerprint density at radius 1 is 1.31 bits per heavy atom. The van der Waals surface area contributed by atoms with Crippen LogP contribution in [0.4, 0.5) is 5.82 Å². The molecule has 0 aliphatic rings. The molecule has 82 valence electrons. The smallest absolute Gasteiger partial charge is 0.225 e. The average molecular weight is 216 g/mol. The number of aromatic nitrogens is 3. The van der Waals surface area contributed by atoms with E-state index >= 15 is 0 Å². The Bertz CT molecular complexity index is 438. The minimum absolute atomic E-state index is 0.0464. The van der Waals surface area contributed by atoms with E-state index in [1.54, 1.807) is 18.5 Å². The molecule has 0 saturated heterocycles. The Morgan fingerprint density at radius 2 is 2.25 bits per heavy atom. The van der Waals surface area contributed by atoms with Gasteiger partial charge in [-0.15, -0.1) is 0 Å². The monoisotopic (exact) mass is 216 g/mol. The van der Waals surface area contributed by atoms with Crippen molar-refractivity contribution < 1.29 is 4.79 Å². The minimum Gasteiger partial charge on any atom is -0.311 e. The number of rotatable bonds is 4. The molecule has 2 heterocycles. The Balaban J connectivity index is 1.80. The highest BCUT2D eigenvalue weighted by Gasteiger charge is 2.03. The molecule has 2 aromatic heterocycles. The standard InChI is InChI=1S/C11H12N4O/c16-11(14-10-6-8-13-15-10)5-4-9-3-1-2-7-12-9/h1-3,6-8H,4-5H2,(H2,13,14,15,16). The fourth-order valence-corrected chi connectivity index (χ4v) is 1.33. The highest BCUT2D eigenvalue weighted by Crippen LogP contribution is 2.02. The van der Waals surface area contributed by atoms with Gasteiger partial charge in [-0.25, -0.2) is 0 Å². The van der Waals surface area contributed by atoms with E-state index in [9.17, 15) is 4.79 Å². The second-order valence-corrected chi connectivity index (χ2v) is 3.34. The fraction of sp³-hybridized carbons (Fsp3) is 0.182. The van der Waals surface area contributed by atoms with Crippen LogP contribution in [-0.4, -0.2) is 21.1 Å². The first-order valence-electron chi connectivity index (χ1n) is 5.04. The van der Waals surface area contributed by atoms with Crippen molar-refractivity contribution >= 4 is 11.7 Å². The van der Waals surface area contributed by atoms with Gasteiger partial charge in [0.25, 0.3) is 0 Å². The summed E-state index contributed by atoms with van der Waals surface area (Å²) >= 11 is 0. The molecule has 16 heavy (non-hydrogen) atoms. The molecule has 5 nitrogen and oxygen atoms in total. The van der Waals surface area contributed by atoms with Gasteiger partial charge in [-0.05, 0) is 18.6 Å². The van der Waals surface area contributed by atoms with Crippen LogP contribution in [0.15, 0.2) is 36.7 Å². The molecule has 0 saturated carbocycles. The molecule has 0 spiro atoms. The van der Waals surface area contributed by atoms with Crippen LogP contribution < -0.4 is 5.32 Å². The van der Waals surface area contributed by atoms with E-state index in [1.807, 2.05) is 18.2 Å². The van der Waals surface area contributed by atoms with Gasteiger partial charge in [0, 0.05) is 24.4 Å². The molecule has 2 N–H and O–H groups in total. The number of H-pyrrole nitrogens is 1. The lowest BCUT2D eigenvalue weighted by Crippen LogP contribution is -2.12. The second kappa shape index (κ2) is 5.06. The first-order valence-corrected chi connectivity index (χ1v) is 5.04. The summed E-state index contributed by atoms with van der Waals surface area (Å²) in [4.78, 5) is 15.6. The number of pyridine rings is 1. The first kappa shape index (κ1) is 10.4. The molecule has 2 rings (SSSR count). The van der Waals surface area contributed by atoms with Gasteiger partial charge < -0.3 is 5.32 Å².